The minimum atomic E-state index is 0.0632. The van der Waals surface area contributed by atoms with Crippen molar-refractivity contribution in [3.8, 4) is 5.75 Å². The Bertz CT molecular complexity index is 634. The van der Waals surface area contributed by atoms with Crippen LogP contribution in [0.4, 0.5) is 0 Å². The summed E-state index contributed by atoms with van der Waals surface area (Å²) in [7, 11) is 1.87. The molecular formula is C19H22N2O2. The lowest BCUT2D eigenvalue weighted by molar-refractivity contribution is 0.0743. The van der Waals surface area contributed by atoms with E-state index in [-0.39, 0.29) is 11.9 Å². The van der Waals surface area contributed by atoms with Crippen LogP contribution in [0, 0.1) is 0 Å². The van der Waals surface area contributed by atoms with E-state index < -0.39 is 0 Å². The first kappa shape index (κ1) is 15.6. The van der Waals surface area contributed by atoms with Gasteiger partial charge in [-0.25, -0.2) is 0 Å². The van der Waals surface area contributed by atoms with Crippen LogP contribution in [0.15, 0.2) is 54.6 Å². The summed E-state index contributed by atoms with van der Waals surface area (Å²) in [6, 6.07) is 17.7. The Morgan fingerprint density at radius 2 is 1.91 bits per heavy atom. The molecule has 23 heavy (non-hydrogen) atoms. The fourth-order valence-corrected chi connectivity index (χ4v) is 2.77. The molecule has 3 rings (SSSR count). The third kappa shape index (κ3) is 3.90. The Morgan fingerprint density at radius 3 is 2.57 bits per heavy atom. The number of nitrogens with one attached hydrogen (secondary N) is 1. The highest BCUT2D eigenvalue weighted by atomic mass is 16.5. The molecule has 1 heterocycles. The van der Waals surface area contributed by atoms with Crippen molar-refractivity contribution in [3.05, 3.63) is 65.7 Å². The van der Waals surface area contributed by atoms with Crippen LogP contribution in [0.3, 0.4) is 0 Å². The molecule has 1 N–H and O–H groups in total. The number of rotatable bonds is 5. The van der Waals surface area contributed by atoms with E-state index in [1.165, 1.54) is 0 Å². The number of amides is 1. The first-order valence-electron chi connectivity index (χ1n) is 7.99. The van der Waals surface area contributed by atoms with E-state index >= 15 is 0 Å². The lowest BCUT2D eigenvalue weighted by atomic mass is 10.1. The van der Waals surface area contributed by atoms with Gasteiger partial charge in [0.15, 0.2) is 0 Å². The van der Waals surface area contributed by atoms with E-state index in [0.717, 1.165) is 30.8 Å². The van der Waals surface area contributed by atoms with E-state index in [2.05, 4.69) is 5.32 Å². The number of hydrogen-bond donors (Lipinski definition) is 1. The molecule has 2 aromatic rings. The zero-order chi connectivity index (χ0) is 16.1. The SMILES string of the molecule is CN(C(=O)c1ccc(OCc2ccccc2)cc1)[C@H]1CCNC1. The van der Waals surface area contributed by atoms with Gasteiger partial charge in [0, 0.05) is 25.2 Å². The van der Waals surface area contributed by atoms with Crippen molar-refractivity contribution < 1.29 is 9.53 Å². The monoisotopic (exact) mass is 310 g/mol. The predicted molar refractivity (Wildman–Crippen MR) is 90.6 cm³/mol. The van der Waals surface area contributed by atoms with Crippen molar-refractivity contribution in [2.24, 2.45) is 0 Å². The Balaban J connectivity index is 1.59. The number of nitrogens with zero attached hydrogens (tertiary/aromatic N) is 1. The number of benzene rings is 2. The summed E-state index contributed by atoms with van der Waals surface area (Å²) in [6.07, 6.45) is 1.01. The van der Waals surface area contributed by atoms with Gasteiger partial charge < -0.3 is 15.0 Å². The maximum absolute atomic E-state index is 12.5. The highest BCUT2D eigenvalue weighted by molar-refractivity contribution is 5.94. The van der Waals surface area contributed by atoms with Gasteiger partial charge in [0.25, 0.3) is 5.91 Å². The number of carbonyl (C=O) groups is 1. The summed E-state index contributed by atoms with van der Waals surface area (Å²) in [5.41, 5.74) is 1.83. The topological polar surface area (TPSA) is 41.6 Å². The molecule has 0 radical (unpaired) electrons. The fraction of sp³-hybridized carbons (Fsp3) is 0.316. The van der Waals surface area contributed by atoms with Crippen molar-refractivity contribution >= 4 is 5.91 Å². The Hall–Kier alpha value is -2.33. The molecule has 0 spiro atoms. The first-order valence-corrected chi connectivity index (χ1v) is 7.99. The van der Waals surface area contributed by atoms with Crippen molar-refractivity contribution in [3.63, 3.8) is 0 Å². The molecule has 1 fully saturated rings. The van der Waals surface area contributed by atoms with Crippen LogP contribution >= 0.6 is 0 Å². The molecule has 0 aliphatic carbocycles. The minimum Gasteiger partial charge on any atom is -0.489 e. The largest absolute Gasteiger partial charge is 0.489 e. The van der Waals surface area contributed by atoms with Gasteiger partial charge in [0.05, 0.1) is 0 Å². The zero-order valence-corrected chi connectivity index (χ0v) is 13.4. The van der Waals surface area contributed by atoms with Crippen molar-refractivity contribution in [2.75, 3.05) is 20.1 Å². The Kier molecular flexibility index (Phi) is 4.93. The van der Waals surface area contributed by atoms with Gasteiger partial charge in [-0.15, -0.1) is 0 Å². The maximum atomic E-state index is 12.5. The van der Waals surface area contributed by atoms with Crippen LogP contribution < -0.4 is 10.1 Å². The van der Waals surface area contributed by atoms with Crippen molar-refractivity contribution in [2.45, 2.75) is 19.1 Å². The Morgan fingerprint density at radius 1 is 1.17 bits per heavy atom. The molecule has 1 saturated heterocycles. The van der Waals surface area contributed by atoms with Gasteiger partial charge >= 0.3 is 0 Å². The van der Waals surface area contributed by atoms with Crippen molar-refractivity contribution in [1.82, 2.24) is 10.2 Å². The second-order valence-corrected chi connectivity index (χ2v) is 5.86. The van der Waals surface area contributed by atoms with Crippen molar-refractivity contribution in [1.29, 1.82) is 0 Å². The highest BCUT2D eigenvalue weighted by Crippen LogP contribution is 2.17. The maximum Gasteiger partial charge on any atom is 0.253 e. The molecule has 0 saturated carbocycles. The molecule has 1 aliphatic heterocycles. The minimum absolute atomic E-state index is 0.0632. The molecule has 4 heteroatoms. The molecule has 1 aliphatic rings. The van der Waals surface area contributed by atoms with Gasteiger partial charge in [-0.05, 0) is 42.8 Å². The summed E-state index contributed by atoms with van der Waals surface area (Å²) in [4.78, 5) is 14.3. The summed E-state index contributed by atoms with van der Waals surface area (Å²) in [6.45, 7) is 2.39. The second kappa shape index (κ2) is 7.29. The molecule has 0 unspecified atom stereocenters. The summed E-state index contributed by atoms with van der Waals surface area (Å²) < 4.78 is 5.75. The van der Waals surface area contributed by atoms with Crippen LogP contribution in [0.5, 0.6) is 5.75 Å². The predicted octanol–water partition coefficient (Wildman–Crippen LogP) is 2.70. The number of carbonyl (C=O) groups excluding carboxylic acids is 1. The van der Waals surface area contributed by atoms with E-state index in [4.69, 9.17) is 4.74 Å². The number of ether oxygens (including phenoxy) is 1. The van der Waals surface area contributed by atoms with Gasteiger partial charge in [0.1, 0.15) is 12.4 Å². The van der Waals surface area contributed by atoms with Gasteiger partial charge in [0.2, 0.25) is 0 Å². The molecule has 0 aromatic heterocycles. The fourth-order valence-electron chi connectivity index (χ4n) is 2.77. The smallest absolute Gasteiger partial charge is 0.253 e. The lowest BCUT2D eigenvalue weighted by Gasteiger charge is -2.23. The van der Waals surface area contributed by atoms with Crippen LogP contribution in [-0.4, -0.2) is 37.0 Å². The average molecular weight is 310 g/mol. The summed E-state index contributed by atoms with van der Waals surface area (Å²) >= 11 is 0. The van der Waals surface area contributed by atoms with Crippen LogP contribution in [0.1, 0.15) is 22.3 Å². The molecule has 4 nitrogen and oxygen atoms in total. The molecule has 1 amide bonds. The van der Waals surface area contributed by atoms with Gasteiger partial charge in [-0.1, -0.05) is 30.3 Å². The summed E-state index contributed by atoms with van der Waals surface area (Å²) in [5, 5.41) is 3.29. The Labute approximate surface area is 137 Å². The molecule has 120 valence electrons. The van der Waals surface area contributed by atoms with Gasteiger partial charge in [-0.3, -0.25) is 4.79 Å². The molecular weight excluding hydrogens is 288 g/mol. The second-order valence-electron chi connectivity index (χ2n) is 5.86. The number of hydrogen-bond acceptors (Lipinski definition) is 3. The van der Waals surface area contributed by atoms with Crippen LogP contribution in [0.2, 0.25) is 0 Å². The van der Waals surface area contributed by atoms with Crippen LogP contribution in [0.25, 0.3) is 0 Å². The first-order chi connectivity index (χ1) is 11.2. The normalized spacial score (nSPS) is 17.0. The van der Waals surface area contributed by atoms with Crippen LogP contribution in [-0.2, 0) is 6.61 Å². The van der Waals surface area contributed by atoms with E-state index in [1.54, 1.807) is 0 Å². The highest BCUT2D eigenvalue weighted by Gasteiger charge is 2.23. The number of likely N-dealkylation sites (N-methyl/N-ethyl adjacent to an activating group) is 1. The third-order valence-corrected chi connectivity index (χ3v) is 4.25. The van der Waals surface area contributed by atoms with Gasteiger partial charge in [-0.2, -0.15) is 0 Å². The summed E-state index contributed by atoms with van der Waals surface area (Å²) in [5.74, 6) is 0.837. The van der Waals surface area contributed by atoms with E-state index in [0.29, 0.717) is 12.2 Å². The third-order valence-electron chi connectivity index (χ3n) is 4.25. The average Bonchev–Trinajstić information content (AvgIpc) is 3.15. The zero-order valence-electron chi connectivity index (χ0n) is 13.4. The van der Waals surface area contributed by atoms with E-state index in [9.17, 15) is 4.79 Å². The lowest BCUT2D eigenvalue weighted by Crippen LogP contribution is -2.38. The quantitative estimate of drug-likeness (QED) is 0.923. The molecule has 1 atom stereocenters. The standard InChI is InChI=1S/C19H22N2O2/c1-21(17-11-12-20-13-17)19(22)16-7-9-18(10-8-16)23-14-15-5-3-2-4-6-15/h2-10,17,20H,11-14H2,1H3/t17-/m0/s1. The molecule has 2 aromatic carbocycles. The van der Waals surface area contributed by atoms with E-state index in [1.807, 2.05) is 66.5 Å². The molecule has 0 bridgehead atoms.